The molecule has 1 amide bonds. The molecule has 0 radical (unpaired) electrons. The lowest BCUT2D eigenvalue weighted by atomic mass is 10.00. The molecule has 0 aliphatic carbocycles. The molecule has 23 heavy (non-hydrogen) atoms. The van der Waals surface area contributed by atoms with Crippen LogP contribution in [0.25, 0.3) is 0 Å². The predicted octanol–water partition coefficient (Wildman–Crippen LogP) is 2.44. The van der Waals surface area contributed by atoms with Crippen molar-refractivity contribution in [1.29, 1.82) is 0 Å². The maximum absolute atomic E-state index is 12.2. The van der Waals surface area contributed by atoms with Crippen molar-refractivity contribution in [3.05, 3.63) is 23.8 Å². The first-order valence-corrected chi connectivity index (χ1v) is 8.33. The molecule has 0 spiro atoms. The van der Waals surface area contributed by atoms with Crippen LogP contribution in [0.5, 0.6) is 11.5 Å². The summed E-state index contributed by atoms with van der Waals surface area (Å²) < 4.78 is 10.6. The van der Waals surface area contributed by atoms with E-state index in [-0.39, 0.29) is 5.91 Å². The number of ether oxygens (including phenoxy) is 2. The topological polar surface area (TPSA) is 50.8 Å². The van der Waals surface area contributed by atoms with E-state index in [0.29, 0.717) is 25.4 Å². The lowest BCUT2D eigenvalue weighted by Crippen LogP contribution is -2.40. The van der Waals surface area contributed by atoms with Gasteiger partial charge in [-0.05, 0) is 24.8 Å². The zero-order chi connectivity index (χ0) is 16.7. The van der Waals surface area contributed by atoms with Crippen molar-refractivity contribution in [2.75, 3.05) is 33.9 Å². The molecule has 0 bridgehead atoms. The molecule has 5 nitrogen and oxygen atoms in total. The second-order valence-corrected chi connectivity index (χ2v) is 6.19. The second-order valence-electron chi connectivity index (χ2n) is 6.19. The molecule has 2 rings (SSSR count). The van der Waals surface area contributed by atoms with Crippen LogP contribution >= 0.6 is 0 Å². The van der Waals surface area contributed by atoms with Gasteiger partial charge in [-0.15, -0.1) is 0 Å². The molecule has 5 heteroatoms. The maximum Gasteiger partial charge on any atom is 0.223 e. The summed E-state index contributed by atoms with van der Waals surface area (Å²) >= 11 is 0. The summed E-state index contributed by atoms with van der Waals surface area (Å²) in [7, 11) is 3.29. The summed E-state index contributed by atoms with van der Waals surface area (Å²) in [5.74, 6) is 2.46. The number of nitrogens with zero attached hydrogens (tertiary/aromatic N) is 1. The molecule has 1 aliphatic rings. The van der Waals surface area contributed by atoms with Gasteiger partial charge in [-0.3, -0.25) is 4.79 Å². The molecule has 1 aromatic rings. The number of nitrogens with one attached hydrogen (secondary N) is 1. The smallest absolute Gasteiger partial charge is 0.223 e. The second kappa shape index (κ2) is 8.77. The number of carbonyl (C=O) groups is 1. The quantitative estimate of drug-likeness (QED) is 0.784. The Morgan fingerprint density at radius 3 is 2.87 bits per heavy atom. The Morgan fingerprint density at radius 1 is 1.35 bits per heavy atom. The highest BCUT2D eigenvalue weighted by molar-refractivity contribution is 5.76. The summed E-state index contributed by atoms with van der Waals surface area (Å²) in [6.45, 7) is 5.39. The van der Waals surface area contributed by atoms with E-state index < -0.39 is 0 Å². The zero-order valence-corrected chi connectivity index (χ0v) is 14.4. The van der Waals surface area contributed by atoms with Gasteiger partial charge < -0.3 is 19.7 Å². The average molecular weight is 320 g/mol. The molecule has 1 fully saturated rings. The van der Waals surface area contributed by atoms with Crippen LogP contribution < -0.4 is 14.8 Å². The average Bonchev–Trinajstić information content (AvgIpc) is 2.58. The Balaban J connectivity index is 1.75. The van der Waals surface area contributed by atoms with E-state index in [2.05, 4.69) is 12.2 Å². The molecule has 1 saturated heterocycles. The van der Waals surface area contributed by atoms with Crippen LogP contribution in [-0.2, 0) is 11.3 Å². The monoisotopic (exact) mass is 320 g/mol. The molecular weight excluding hydrogens is 292 g/mol. The predicted molar refractivity (Wildman–Crippen MR) is 90.8 cm³/mol. The lowest BCUT2D eigenvalue weighted by molar-refractivity contribution is -0.132. The number of benzene rings is 1. The fourth-order valence-corrected chi connectivity index (χ4v) is 2.99. The van der Waals surface area contributed by atoms with Crippen molar-refractivity contribution >= 4 is 5.91 Å². The summed E-state index contributed by atoms with van der Waals surface area (Å²) in [6, 6.07) is 5.77. The van der Waals surface area contributed by atoms with E-state index in [1.54, 1.807) is 14.2 Å². The normalized spacial score (nSPS) is 17.9. The molecule has 1 atom stereocenters. The number of likely N-dealkylation sites (tertiary alicyclic amines) is 1. The number of methoxy groups -OCH3 is 2. The first-order valence-electron chi connectivity index (χ1n) is 8.33. The highest BCUT2D eigenvalue weighted by Gasteiger charge is 2.20. The van der Waals surface area contributed by atoms with Gasteiger partial charge in [0.15, 0.2) is 0 Å². The van der Waals surface area contributed by atoms with Crippen molar-refractivity contribution in [2.45, 2.75) is 32.7 Å². The molecular formula is C18H28N2O3. The first-order chi connectivity index (χ1) is 11.1. The molecule has 1 aliphatic heterocycles. The van der Waals surface area contributed by atoms with Crippen LogP contribution in [0, 0.1) is 5.92 Å². The molecule has 1 aromatic carbocycles. The van der Waals surface area contributed by atoms with Crippen LogP contribution in [0.2, 0.25) is 0 Å². The molecule has 1 N–H and O–H groups in total. The Labute approximate surface area is 139 Å². The summed E-state index contributed by atoms with van der Waals surface area (Å²) in [5.41, 5.74) is 1.06. The number of rotatable bonds is 7. The van der Waals surface area contributed by atoms with Gasteiger partial charge in [0.1, 0.15) is 11.5 Å². The van der Waals surface area contributed by atoms with Crippen molar-refractivity contribution in [3.8, 4) is 11.5 Å². The summed E-state index contributed by atoms with van der Waals surface area (Å²) in [4.78, 5) is 14.2. The van der Waals surface area contributed by atoms with Gasteiger partial charge in [-0.1, -0.05) is 13.0 Å². The third kappa shape index (κ3) is 5.13. The van der Waals surface area contributed by atoms with Gasteiger partial charge in [0.25, 0.3) is 0 Å². The van der Waals surface area contributed by atoms with Crippen molar-refractivity contribution in [2.24, 2.45) is 5.92 Å². The highest BCUT2D eigenvalue weighted by atomic mass is 16.5. The Kier molecular flexibility index (Phi) is 6.71. The molecule has 1 heterocycles. The summed E-state index contributed by atoms with van der Waals surface area (Å²) in [5, 5.41) is 3.33. The van der Waals surface area contributed by atoms with Crippen LogP contribution in [0.15, 0.2) is 18.2 Å². The van der Waals surface area contributed by atoms with Crippen LogP contribution in [0.3, 0.4) is 0 Å². The lowest BCUT2D eigenvalue weighted by Gasteiger charge is -2.31. The largest absolute Gasteiger partial charge is 0.497 e. The number of hydrogen-bond acceptors (Lipinski definition) is 4. The van der Waals surface area contributed by atoms with Crippen molar-refractivity contribution in [1.82, 2.24) is 10.2 Å². The van der Waals surface area contributed by atoms with E-state index in [1.165, 1.54) is 6.42 Å². The van der Waals surface area contributed by atoms with E-state index in [0.717, 1.165) is 36.6 Å². The first kappa shape index (κ1) is 17.6. The molecule has 0 unspecified atom stereocenters. The number of piperidine rings is 1. The highest BCUT2D eigenvalue weighted by Crippen LogP contribution is 2.24. The number of amides is 1. The molecule has 0 aromatic heterocycles. The van der Waals surface area contributed by atoms with Gasteiger partial charge >= 0.3 is 0 Å². The Hall–Kier alpha value is -1.75. The Bertz CT molecular complexity index is 519. The van der Waals surface area contributed by atoms with Crippen LogP contribution in [-0.4, -0.2) is 44.7 Å². The van der Waals surface area contributed by atoms with E-state index >= 15 is 0 Å². The van der Waals surface area contributed by atoms with Gasteiger partial charge in [0.05, 0.1) is 14.2 Å². The SMILES string of the molecule is COc1ccc(CNCCC(=O)N2CCC[C@@H](C)C2)c(OC)c1. The third-order valence-electron chi connectivity index (χ3n) is 4.34. The third-order valence-corrected chi connectivity index (χ3v) is 4.34. The maximum atomic E-state index is 12.2. The minimum absolute atomic E-state index is 0.255. The van der Waals surface area contributed by atoms with Gasteiger partial charge in [0, 0.05) is 44.2 Å². The van der Waals surface area contributed by atoms with E-state index in [9.17, 15) is 4.79 Å². The standard InChI is InChI=1S/C18H28N2O3/c1-14-5-4-10-20(13-14)18(21)8-9-19-12-15-6-7-16(22-2)11-17(15)23-3/h6-7,11,14,19H,4-5,8-10,12-13H2,1-3H3/t14-/m1/s1. The minimum Gasteiger partial charge on any atom is -0.497 e. The van der Waals surface area contributed by atoms with E-state index in [4.69, 9.17) is 9.47 Å². The number of hydrogen-bond donors (Lipinski definition) is 1. The van der Waals surface area contributed by atoms with Crippen molar-refractivity contribution < 1.29 is 14.3 Å². The molecule has 128 valence electrons. The zero-order valence-electron chi connectivity index (χ0n) is 14.4. The van der Waals surface area contributed by atoms with Gasteiger partial charge in [-0.25, -0.2) is 0 Å². The minimum atomic E-state index is 0.255. The fourth-order valence-electron chi connectivity index (χ4n) is 2.99. The van der Waals surface area contributed by atoms with Crippen molar-refractivity contribution in [3.63, 3.8) is 0 Å². The summed E-state index contributed by atoms with van der Waals surface area (Å²) in [6.07, 6.45) is 2.91. The van der Waals surface area contributed by atoms with Gasteiger partial charge in [0.2, 0.25) is 5.91 Å². The molecule has 0 saturated carbocycles. The van der Waals surface area contributed by atoms with Crippen LogP contribution in [0.1, 0.15) is 31.7 Å². The van der Waals surface area contributed by atoms with E-state index in [1.807, 2.05) is 23.1 Å². The van der Waals surface area contributed by atoms with Crippen LogP contribution in [0.4, 0.5) is 0 Å². The fraction of sp³-hybridized carbons (Fsp3) is 0.611. The Morgan fingerprint density at radius 2 is 2.17 bits per heavy atom. The van der Waals surface area contributed by atoms with Gasteiger partial charge in [-0.2, -0.15) is 0 Å². The number of carbonyl (C=O) groups excluding carboxylic acids is 1.